The minimum absolute atomic E-state index is 0.959. The van der Waals surface area contributed by atoms with Gasteiger partial charge in [-0.1, -0.05) is 270 Å². The molecule has 0 saturated heterocycles. The van der Waals surface area contributed by atoms with Gasteiger partial charge < -0.3 is 0 Å². The maximum Gasteiger partial charge on any atom is 0.0587 e. The molecule has 0 radical (unpaired) electrons. The fourth-order valence-electron chi connectivity index (χ4n) is 7.95. The van der Waals surface area contributed by atoms with Gasteiger partial charge in [0.25, 0.3) is 0 Å². The molecule has 43 heavy (non-hydrogen) atoms. The van der Waals surface area contributed by atoms with E-state index in [1.165, 1.54) is 205 Å². The van der Waals surface area contributed by atoms with Gasteiger partial charge in [-0.25, -0.2) is 0 Å². The second-order valence-electron chi connectivity index (χ2n) is 15.6. The summed E-state index contributed by atoms with van der Waals surface area (Å²) in [6, 6.07) is 3.22. The normalized spacial score (nSPS) is 12.3. The van der Waals surface area contributed by atoms with Crippen molar-refractivity contribution in [2.45, 2.75) is 270 Å². The molecule has 0 atom stereocenters. The Morgan fingerprint density at radius 3 is 0.581 bits per heavy atom. The molecule has 0 spiro atoms. The fraction of sp³-hybridized carbons (Fsp3) is 1.00. The van der Waals surface area contributed by atoms with Gasteiger partial charge in [0.2, 0.25) is 0 Å². The smallest absolute Gasteiger partial charge is 0.0587 e. The summed E-state index contributed by atoms with van der Waals surface area (Å²) < 4.78 is 0. The third-order valence-electron chi connectivity index (χ3n) is 11.3. The number of hydrogen-bond acceptors (Lipinski definition) is 0. The van der Waals surface area contributed by atoms with Crippen LogP contribution >= 0.6 is 0 Å². The molecule has 0 N–H and O–H groups in total. The molecule has 1 heteroatoms. The maximum atomic E-state index is 2.59. The van der Waals surface area contributed by atoms with Crippen molar-refractivity contribution in [2.24, 2.45) is 0 Å². The fourth-order valence-corrected chi connectivity index (χ4v) is 13.7. The minimum Gasteiger partial charge on any atom is -0.0654 e. The van der Waals surface area contributed by atoms with E-state index in [4.69, 9.17) is 0 Å². The van der Waals surface area contributed by atoms with Gasteiger partial charge in [-0.3, -0.25) is 0 Å². The Kier molecular flexibility index (Phi) is 33.7. The highest BCUT2D eigenvalue weighted by Gasteiger charge is 2.38. The van der Waals surface area contributed by atoms with Crippen LogP contribution in [0, 0.1) is 0 Å². The molecule has 0 fully saturated rings. The third-order valence-corrected chi connectivity index (χ3v) is 18.5. The molecular formula is C42H88Si. The van der Waals surface area contributed by atoms with Crippen molar-refractivity contribution in [1.29, 1.82) is 0 Å². The number of rotatable bonds is 36. The van der Waals surface area contributed by atoms with Gasteiger partial charge in [-0.2, -0.15) is 0 Å². The lowest BCUT2D eigenvalue weighted by molar-refractivity contribution is 0.530. The molecule has 0 aromatic carbocycles. The van der Waals surface area contributed by atoms with Crippen LogP contribution in [0.2, 0.25) is 23.2 Å². The van der Waals surface area contributed by atoms with Crippen LogP contribution in [0.1, 0.15) is 247 Å². The van der Waals surface area contributed by atoms with Crippen LogP contribution in [0.5, 0.6) is 0 Å². The Hall–Kier alpha value is 0.217. The quantitative estimate of drug-likeness (QED) is 0.0483. The van der Waals surface area contributed by atoms with Crippen molar-refractivity contribution in [2.75, 3.05) is 0 Å². The Balaban J connectivity index is 3.75. The Morgan fingerprint density at radius 1 is 0.256 bits per heavy atom. The molecule has 0 unspecified atom stereocenters. The predicted octanol–water partition coefficient (Wildman–Crippen LogP) is 16.8. The molecule has 0 aromatic rings. The van der Waals surface area contributed by atoms with E-state index in [1.54, 1.807) is 12.1 Å². The van der Waals surface area contributed by atoms with Crippen molar-refractivity contribution in [1.82, 2.24) is 0 Å². The first-order valence-electron chi connectivity index (χ1n) is 21.0. The monoisotopic (exact) mass is 621 g/mol. The van der Waals surface area contributed by atoms with E-state index in [0.717, 1.165) is 11.1 Å². The zero-order chi connectivity index (χ0) is 31.7. The summed E-state index contributed by atoms with van der Waals surface area (Å²) >= 11 is 0. The topological polar surface area (TPSA) is 0 Å². The van der Waals surface area contributed by atoms with E-state index >= 15 is 0 Å². The summed E-state index contributed by atoms with van der Waals surface area (Å²) in [5, 5.41) is 0. The third kappa shape index (κ3) is 27.1. The van der Waals surface area contributed by atoms with Gasteiger partial charge in [0.05, 0.1) is 8.07 Å². The molecule has 0 amide bonds. The highest BCUT2D eigenvalue weighted by molar-refractivity contribution is 6.82. The molecule has 0 aliphatic carbocycles. The van der Waals surface area contributed by atoms with E-state index in [9.17, 15) is 0 Å². The van der Waals surface area contributed by atoms with E-state index in [1.807, 2.05) is 0 Å². The number of unbranched alkanes of at least 4 members (excludes halogenated alkanes) is 30. The SMILES string of the molecule is CCCCCCCCCCCCCCCCCC[Si](CCCCCCCCCCCCCCCCCC)(C(C)C)C(C)C. The molecule has 0 heterocycles. The molecule has 0 aliphatic heterocycles. The van der Waals surface area contributed by atoms with Crippen molar-refractivity contribution in [3.63, 3.8) is 0 Å². The first-order valence-corrected chi connectivity index (χ1v) is 23.6. The summed E-state index contributed by atoms with van der Waals surface area (Å²) in [7, 11) is -1.16. The maximum absolute atomic E-state index is 2.59. The van der Waals surface area contributed by atoms with Gasteiger partial charge in [-0.15, -0.1) is 0 Å². The average molecular weight is 621 g/mol. The molecule has 0 saturated carbocycles. The first kappa shape index (κ1) is 43.2. The van der Waals surface area contributed by atoms with Gasteiger partial charge >= 0.3 is 0 Å². The summed E-state index contributed by atoms with van der Waals surface area (Å²) in [6.45, 7) is 15.0. The van der Waals surface area contributed by atoms with Gasteiger partial charge in [0, 0.05) is 0 Å². The van der Waals surface area contributed by atoms with E-state index in [0.29, 0.717) is 0 Å². The largest absolute Gasteiger partial charge is 0.0654 e. The van der Waals surface area contributed by atoms with Crippen LogP contribution in [-0.2, 0) is 0 Å². The lowest BCUT2D eigenvalue weighted by atomic mass is 10.0. The molecular weight excluding hydrogens is 533 g/mol. The molecule has 260 valence electrons. The van der Waals surface area contributed by atoms with Crippen LogP contribution in [0.25, 0.3) is 0 Å². The molecule has 0 rings (SSSR count). The van der Waals surface area contributed by atoms with Crippen molar-refractivity contribution < 1.29 is 0 Å². The highest BCUT2D eigenvalue weighted by Crippen LogP contribution is 2.42. The number of hydrogen-bond donors (Lipinski definition) is 0. The van der Waals surface area contributed by atoms with Crippen LogP contribution in [0.4, 0.5) is 0 Å². The summed E-state index contributed by atoms with van der Waals surface area (Å²) in [5.41, 5.74) is 1.92. The summed E-state index contributed by atoms with van der Waals surface area (Å²) in [5.74, 6) is 0. The summed E-state index contributed by atoms with van der Waals surface area (Å²) in [6.07, 6.45) is 47.4. The van der Waals surface area contributed by atoms with Crippen LogP contribution in [0.3, 0.4) is 0 Å². The zero-order valence-corrected chi connectivity index (χ0v) is 32.7. The van der Waals surface area contributed by atoms with Gasteiger partial charge in [-0.05, 0) is 0 Å². The predicted molar refractivity (Wildman–Crippen MR) is 205 cm³/mol. The van der Waals surface area contributed by atoms with Crippen LogP contribution in [0.15, 0.2) is 0 Å². The first-order chi connectivity index (χ1) is 21.0. The van der Waals surface area contributed by atoms with Crippen molar-refractivity contribution >= 4 is 8.07 Å². The minimum atomic E-state index is -1.16. The van der Waals surface area contributed by atoms with E-state index in [-0.39, 0.29) is 0 Å². The molecule has 0 aromatic heterocycles. The van der Waals surface area contributed by atoms with Crippen LogP contribution < -0.4 is 0 Å². The average Bonchev–Trinajstić information content (AvgIpc) is 2.99. The van der Waals surface area contributed by atoms with Gasteiger partial charge in [0.1, 0.15) is 0 Å². The lowest BCUT2D eigenvalue weighted by Crippen LogP contribution is -2.40. The van der Waals surface area contributed by atoms with Crippen LogP contribution in [-0.4, -0.2) is 8.07 Å². The highest BCUT2D eigenvalue weighted by atomic mass is 28.3. The summed E-state index contributed by atoms with van der Waals surface area (Å²) in [4.78, 5) is 0. The molecule has 0 aliphatic rings. The second kappa shape index (κ2) is 33.6. The standard InChI is InChI=1S/C42H88Si/c1-7-9-11-13-15-17-19-21-23-25-27-29-31-33-35-37-39-43(41(3)4,42(5)6)40-38-36-34-32-30-28-26-24-22-20-18-16-14-12-10-8-2/h41-42H,7-40H2,1-6H3. The lowest BCUT2D eigenvalue weighted by Gasteiger charge is -2.40. The Morgan fingerprint density at radius 2 is 0.419 bits per heavy atom. The van der Waals surface area contributed by atoms with E-state index < -0.39 is 8.07 Å². The van der Waals surface area contributed by atoms with Crippen molar-refractivity contribution in [3.8, 4) is 0 Å². The second-order valence-corrected chi connectivity index (χ2v) is 21.4. The van der Waals surface area contributed by atoms with E-state index in [2.05, 4.69) is 41.5 Å². The zero-order valence-electron chi connectivity index (χ0n) is 31.7. The Labute approximate surface area is 277 Å². The van der Waals surface area contributed by atoms with Crippen molar-refractivity contribution in [3.05, 3.63) is 0 Å². The van der Waals surface area contributed by atoms with Gasteiger partial charge in [0.15, 0.2) is 0 Å². The molecule has 0 bridgehead atoms. The molecule has 0 nitrogen and oxygen atoms in total. The Bertz CT molecular complexity index is 463.